The Hall–Kier alpha value is -3.22. The number of benzene rings is 1. The van der Waals surface area contributed by atoms with Gasteiger partial charge in [-0.1, -0.05) is 0 Å². The number of hydrogen-bond acceptors (Lipinski definition) is 9. The molecular weight excluding hydrogens is 464 g/mol. The quantitative estimate of drug-likeness (QED) is 0.501. The van der Waals surface area contributed by atoms with E-state index in [1.807, 2.05) is 0 Å². The number of anilines is 2. The van der Waals surface area contributed by atoms with Crippen molar-refractivity contribution >= 4 is 33.4 Å². The van der Waals surface area contributed by atoms with Crippen molar-refractivity contribution in [2.75, 3.05) is 50.7 Å². The maximum atomic E-state index is 13.1. The van der Waals surface area contributed by atoms with E-state index in [1.165, 1.54) is 35.8 Å². The Bertz CT molecular complexity index is 1140. The molecule has 0 spiro atoms. The third-order valence-electron chi connectivity index (χ3n) is 5.30. The summed E-state index contributed by atoms with van der Waals surface area (Å²) >= 11 is 0. The molecule has 1 amide bonds. The van der Waals surface area contributed by atoms with Gasteiger partial charge in [0.1, 0.15) is 16.5 Å². The number of nitrogens with zero attached hydrogens (tertiary/aromatic N) is 2. The maximum Gasteiger partial charge on any atom is 0.340 e. The van der Waals surface area contributed by atoms with Crippen LogP contribution in [0.4, 0.5) is 11.5 Å². The number of hydrogen-bond donors (Lipinski definition) is 2. The minimum atomic E-state index is -3.85. The second kappa shape index (κ2) is 10.4. The van der Waals surface area contributed by atoms with Crippen LogP contribution in [0, 0.1) is 0 Å². The Morgan fingerprint density at radius 2 is 1.94 bits per heavy atom. The first-order valence-electron chi connectivity index (χ1n) is 10.8. The highest BCUT2D eigenvalue weighted by Gasteiger charge is 2.29. The molecule has 1 aromatic carbocycles. The number of ether oxygens (including phenoxy) is 3. The number of carbonyl (C=O) groups is 2. The molecule has 1 aromatic heterocycles. The van der Waals surface area contributed by atoms with Gasteiger partial charge in [-0.25, -0.2) is 18.2 Å². The van der Waals surface area contributed by atoms with Crippen LogP contribution in [0.5, 0.6) is 5.75 Å². The van der Waals surface area contributed by atoms with Gasteiger partial charge in [0.15, 0.2) is 6.61 Å². The lowest BCUT2D eigenvalue weighted by Gasteiger charge is -2.26. The molecule has 0 radical (unpaired) electrons. The Labute approximate surface area is 197 Å². The second-order valence-corrected chi connectivity index (χ2v) is 9.76. The minimum Gasteiger partial charge on any atom is -0.495 e. The van der Waals surface area contributed by atoms with Gasteiger partial charge in [-0.2, -0.15) is 4.31 Å². The summed E-state index contributed by atoms with van der Waals surface area (Å²) in [5, 5.41) is 5.76. The third kappa shape index (κ3) is 5.82. The van der Waals surface area contributed by atoms with Gasteiger partial charge in [0.2, 0.25) is 10.0 Å². The van der Waals surface area contributed by atoms with Crippen molar-refractivity contribution in [3.05, 3.63) is 42.1 Å². The first-order valence-corrected chi connectivity index (χ1v) is 12.3. The Morgan fingerprint density at radius 1 is 1.18 bits per heavy atom. The largest absolute Gasteiger partial charge is 0.495 e. The fraction of sp³-hybridized carbons (Fsp3) is 0.409. The first kappa shape index (κ1) is 23.9. The van der Waals surface area contributed by atoms with E-state index in [1.54, 1.807) is 12.1 Å². The number of amides is 1. The number of carbonyl (C=O) groups excluding carboxylic acids is 2. The van der Waals surface area contributed by atoms with Gasteiger partial charge in [0, 0.05) is 31.0 Å². The molecule has 0 unspecified atom stereocenters. The number of sulfonamides is 1. The molecule has 1 aliphatic carbocycles. The highest BCUT2D eigenvalue weighted by atomic mass is 32.2. The molecule has 2 aromatic rings. The fourth-order valence-electron chi connectivity index (χ4n) is 3.33. The molecule has 2 N–H and O–H groups in total. The average Bonchev–Trinajstić information content (AvgIpc) is 3.67. The minimum absolute atomic E-state index is 0.0716. The van der Waals surface area contributed by atoms with Crippen LogP contribution in [0.25, 0.3) is 0 Å². The van der Waals surface area contributed by atoms with Gasteiger partial charge in [-0.05, 0) is 43.2 Å². The zero-order chi connectivity index (χ0) is 24.1. The van der Waals surface area contributed by atoms with E-state index in [0.29, 0.717) is 25.1 Å². The van der Waals surface area contributed by atoms with Gasteiger partial charge in [-0.3, -0.25) is 4.79 Å². The van der Waals surface area contributed by atoms with Crippen molar-refractivity contribution in [3.63, 3.8) is 0 Å². The number of rotatable bonds is 9. The smallest absolute Gasteiger partial charge is 0.340 e. The number of methoxy groups -OCH3 is 1. The third-order valence-corrected chi connectivity index (χ3v) is 7.22. The number of pyridine rings is 1. The molecule has 1 aliphatic heterocycles. The zero-order valence-electron chi connectivity index (χ0n) is 18.7. The van der Waals surface area contributed by atoms with Crippen LogP contribution in [0.3, 0.4) is 0 Å². The van der Waals surface area contributed by atoms with Crippen LogP contribution in [-0.2, 0) is 24.3 Å². The second-order valence-electron chi connectivity index (χ2n) is 7.86. The molecule has 2 aliphatic rings. The number of morpholine rings is 1. The van der Waals surface area contributed by atoms with Gasteiger partial charge >= 0.3 is 5.97 Å². The molecule has 0 atom stereocenters. The zero-order valence-corrected chi connectivity index (χ0v) is 19.5. The summed E-state index contributed by atoms with van der Waals surface area (Å²) in [5.74, 6) is -0.471. The lowest BCUT2D eigenvalue weighted by Crippen LogP contribution is -2.40. The van der Waals surface area contributed by atoms with Crippen molar-refractivity contribution in [2.45, 2.75) is 23.8 Å². The lowest BCUT2D eigenvalue weighted by molar-refractivity contribution is -0.119. The molecular formula is C22H26N4O7S. The molecule has 34 heavy (non-hydrogen) atoms. The highest BCUT2D eigenvalue weighted by Crippen LogP contribution is 2.30. The predicted molar refractivity (Wildman–Crippen MR) is 122 cm³/mol. The summed E-state index contributed by atoms with van der Waals surface area (Å²) in [6.45, 7) is 0.519. The molecule has 2 fully saturated rings. The summed E-state index contributed by atoms with van der Waals surface area (Å²) in [5.41, 5.74) is 0.448. The monoisotopic (exact) mass is 490 g/mol. The average molecular weight is 491 g/mol. The van der Waals surface area contributed by atoms with Gasteiger partial charge in [0.25, 0.3) is 5.91 Å². The maximum absolute atomic E-state index is 13.1. The van der Waals surface area contributed by atoms with E-state index >= 15 is 0 Å². The van der Waals surface area contributed by atoms with Gasteiger partial charge < -0.3 is 24.8 Å². The molecule has 4 rings (SSSR count). The van der Waals surface area contributed by atoms with E-state index in [9.17, 15) is 18.0 Å². The van der Waals surface area contributed by atoms with Crippen LogP contribution in [-0.4, -0.2) is 75.6 Å². The molecule has 1 saturated heterocycles. The number of aromatic nitrogens is 1. The van der Waals surface area contributed by atoms with Crippen LogP contribution in [0.15, 0.2) is 41.4 Å². The summed E-state index contributed by atoms with van der Waals surface area (Å²) < 4.78 is 42.9. The van der Waals surface area contributed by atoms with E-state index in [4.69, 9.17) is 14.2 Å². The summed E-state index contributed by atoms with van der Waals surface area (Å²) in [4.78, 5) is 28.6. The van der Waals surface area contributed by atoms with Crippen molar-refractivity contribution in [1.29, 1.82) is 0 Å². The standard InChI is InChI=1S/C22H26N4O7S/c1-31-18-6-5-17(12-19(18)34(29,30)26-8-10-32-11-9-26)25-21(27)14-33-22(28)15-2-7-20(23-13-15)24-16-3-4-16/h2,5-7,12-13,16H,3-4,8-11,14H2,1H3,(H,23,24)(H,25,27). The number of esters is 1. The number of nitrogens with one attached hydrogen (secondary N) is 2. The molecule has 2 heterocycles. The van der Waals surface area contributed by atoms with Crippen molar-refractivity contribution in [2.24, 2.45) is 0 Å². The topological polar surface area (TPSA) is 136 Å². The van der Waals surface area contributed by atoms with Crippen LogP contribution >= 0.6 is 0 Å². The van der Waals surface area contributed by atoms with Crippen molar-refractivity contribution < 1.29 is 32.2 Å². The predicted octanol–water partition coefficient (Wildman–Crippen LogP) is 1.48. The van der Waals surface area contributed by atoms with Crippen molar-refractivity contribution in [1.82, 2.24) is 9.29 Å². The van der Waals surface area contributed by atoms with Gasteiger partial charge in [-0.15, -0.1) is 0 Å². The first-order chi connectivity index (χ1) is 16.4. The van der Waals surface area contributed by atoms with E-state index < -0.39 is 28.5 Å². The Balaban J connectivity index is 1.36. The molecule has 0 bridgehead atoms. The normalized spacial score (nSPS) is 16.5. The van der Waals surface area contributed by atoms with E-state index in [-0.39, 0.29) is 35.0 Å². The van der Waals surface area contributed by atoms with Crippen LogP contribution in [0.1, 0.15) is 23.2 Å². The van der Waals surface area contributed by atoms with Crippen LogP contribution in [0.2, 0.25) is 0 Å². The van der Waals surface area contributed by atoms with Gasteiger partial charge in [0.05, 0.1) is 25.9 Å². The van der Waals surface area contributed by atoms with E-state index in [2.05, 4.69) is 15.6 Å². The lowest BCUT2D eigenvalue weighted by atomic mass is 10.3. The summed E-state index contributed by atoms with van der Waals surface area (Å²) in [6.07, 6.45) is 3.60. The molecule has 182 valence electrons. The fourth-order valence-corrected chi connectivity index (χ4v) is 4.92. The summed E-state index contributed by atoms with van der Waals surface area (Å²) in [7, 11) is -2.48. The Kier molecular flexibility index (Phi) is 7.29. The van der Waals surface area contributed by atoms with Crippen molar-refractivity contribution in [3.8, 4) is 5.75 Å². The van der Waals surface area contributed by atoms with E-state index in [0.717, 1.165) is 12.8 Å². The molecule has 12 heteroatoms. The highest BCUT2D eigenvalue weighted by molar-refractivity contribution is 7.89. The SMILES string of the molecule is COc1ccc(NC(=O)COC(=O)c2ccc(NC3CC3)nc2)cc1S(=O)(=O)N1CCOCC1. The molecule has 1 saturated carbocycles. The summed E-state index contributed by atoms with van der Waals surface area (Å²) in [6, 6.07) is 7.98. The molecule has 11 nitrogen and oxygen atoms in total. The van der Waals surface area contributed by atoms with Crippen LogP contribution < -0.4 is 15.4 Å². The Morgan fingerprint density at radius 3 is 2.59 bits per heavy atom.